The summed E-state index contributed by atoms with van der Waals surface area (Å²) in [5.41, 5.74) is 7.97. The summed E-state index contributed by atoms with van der Waals surface area (Å²) in [6.45, 7) is 1.10. The number of amides is 1. The molecule has 1 amide bonds. The number of benzene rings is 1. The number of nitrogens with zero attached hydrogens (tertiary/aromatic N) is 4. The van der Waals surface area contributed by atoms with E-state index in [4.69, 9.17) is 4.52 Å². The maximum Gasteiger partial charge on any atom is 0.241 e. The molecule has 3 aromatic rings. The molecule has 2 fully saturated rings. The van der Waals surface area contributed by atoms with Gasteiger partial charge >= 0.3 is 0 Å². The molecule has 2 unspecified atom stereocenters. The summed E-state index contributed by atoms with van der Waals surface area (Å²) in [7, 11) is 0. The Balaban J connectivity index is 1.17. The second kappa shape index (κ2) is 7.34. The normalized spacial score (nSPS) is 21.9. The average Bonchev–Trinajstić information content (AvgIpc) is 3.38. The number of carbonyl (C=O) groups excluding carboxylic acids is 1. The molecule has 2 N–H and O–H groups in total. The number of halogens is 1. The van der Waals surface area contributed by atoms with E-state index in [1.165, 1.54) is 12.1 Å². The Morgan fingerprint density at radius 3 is 2.62 bits per heavy atom. The second-order valence-corrected chi connectivity index (χ2v) is 7.31. The Hall–Kier alpha value is -3.17. The van der Waals surface area contributed by atoms with Crippen molar-refractivity contribution in [3.63, 3.8) is 0 Å². The van der Waals surface area contributed by atoms with Crippen molar-refractivity contribution in [2.75, 3.05) is 13.1 Å². The van der Waals surface area contributed by atoms with E-state index < -0.39 is 0 Å². The standard InChI is InChI=1S/C20H19FN6O2/c21-15-3-1-12(2-4-15)16-9-17(25-24-16)20(28)27-10-14(11-27)19-23-18(26-29-19)13-5-7-22-8-6-13/h1-8,14,16-17,24-25H,9-11H2. The molecule has 2 aromatic heterocycles. The van der Waals surface area contributed by atoms with E-state index in [-0.39, 0.29) is 29.7 Å². The lowest BCUT2D eigenvalue weighted by molar-refractivity contribution is -0.138. The van der Waals surface area contributed by atoms with Crippen LogP contribution in [-0.4, -0.2) is 45.1 Å². The van der Waals surface area contributed by atoms with E-state index in [0.29, 0.717) is 31.2 Å². The summed E-state index contributed by atoms with van der Waals surface area (Å²) in [5, 5.41) is 4.02. The van der Waals surface area contributed by atoms with Gasteiger partial charge in [-0.2, -0.15) is 4.98 Å². The smallest absolute Gasteiger partial charge is 0.241 e. The Kier molecular flexibility index (Phi) is 4.53. The minimum atomic E-state index is -0.318. The van der Waals surface area contributed by atoms with Crippen molar-refractivity contribution in [3.05, 3.63) is 66.1 Å². The van der Waals surface area contributed by atoms with Crippen LogP contribution in [0.5, 0.6) is 0 Å². The van der Waals surface area contributed by atoms with Crippen LogP contribution >= 0.6 is 0 Å². The van der Waals surface area contributed by atoms with Gasteiger partial charge in [0.2, 0.25) is 17.6 Å². The van der Waals surface area contributed by atoms with E-state index in [9.17, 15) is 9.18 Å². The van der Waals surface area contributed by atoms with Gasteiger partial charge in [0.05, 0.1) is 5.92 Å². The summed E-state index contributed by atoms with van der Waals surface area (Å²) in [6, 6.07) is 9.62. The monoisotopic (exact) mass is 394 g/mol. The van der Waals surface area contributed by atoms with Gasteiger partial charge in [0.1, 0.15) is 11.9 Å². The molecule has 0 saturated carbocycles. The highest BCUT2D eigenvalue weighted by molar-refractivity contribution is 5.83. The molecule has 5 rings (SSSR count). The lowest BCUT2D eigenvalue weighted by Crippen LogP contribution is -2.54. The number of likely N-dealkylation sites (tertiary alicyclic amines) is 1. The van der Waals surface area contributed by atoms with E-state index in [1.54, 1.807) is 29.4 Å². The third kappa shape index (κ3) is 3.50. The van der Waals surface area contributed by atoms with Gasteiger partial charge in [-0.05, 0) is 36.2 Å². The molecule has 2 aliphatic rings. The zero-order valence-electron chi connectivity index (χ0n) is 15.5. The summed E-state index contributed by atoms with van der Waals surface area (Å²) >= 11 is 0. The molecular formula is C20H19FN6O2. The zero-order chi connectivity index (χ0) is 19.8. The van der Waals surface area contributed by atoms with Crippen molar-refractivity contribution in [1.82, 2.24) is 30.9 Å². The van der Waals surface area contributed by atoms with Gasteiger partial charge in [0.15, 0.2) is 0 Å². The molecule has 9 heteroatoms. The van der Waals surface area contributed by atoms with Crippen molar-refractivity contribution in [2.45, 2.75) is 24.4 Å². The highest BCUT2D eigenvalue weighted by atomic mass is 19.1. The lowest BCUT2D eigenvalue weighted by atomic mass is 9.96. The van der Waals surface area contributed by atoms with E-state index in [0.717, 1.165) is 11.1 Å². The van der Waals surface area contributed by atoms with Crippen molar-refractivity contribution in [2.24, 2.45) is 0 Å². The minimum absolute atomic E-state index is 0.0273. The Labute approximate surface area is 166 Å². The highest BCUT2D eigenvalue weighted by Crippen LogP contribution is 2.30. The predicted molar refractivity (Wildman–Crippen MR) is 101 cm³/mol. The molecule has 8 nitrogen and oxygen atoms in total. The van der Waals surface area contributed by atoms with Gasteiger partial charge in [-0.25, -0.2) is 15.2 Å². The molecule has 0 bridgehead atoms. The topological polar surface area (TPSA) is 96.2 Å². The van der Waals surface area contributed by atoms with Gasteiger partial charge in [0, 0.05) is 37.1 Å². The molecule has 0 spiro atoms. The summed E-state index contributed by atoms with van der Waals surface area (Å²) < 4.78 is 18.5. The number of aromatic nitrogens is 3. The largest absolute Gasteiger partial charge is 0.340 e. The van der Waals surface area contributed by atoms with Crippen LogP contribution in [0.2, 0.25) is 0 Å². The predicted octanol–water partition coefficient (Wildman–Crippen LogP) is 1.80. The SMILES string of the molecule is O=C(C1CC(c2ccc(F)cc2)NN1)N1CC(c2nc(-c3ccncc3)no2)C1. The van der Waals surface area contributed by atoms with Crippen LogP contribution in [0.1, 0.15) is 29.8 Å². The Bertz CT molecular complexity index is 1000. The van der Waals surface area contributed by atoms with Crippen molar-refractivity contribution in [3.8, 4) is 11.4 Å². The molecule has 148 valence electrons. The molecule has 0 aliphatic carbocycles. The summed E-state index contributed by atoms with van der Waals surface area (Å²) in [6.07, 6.45) is 3.96. The second-order valence-electron chi connectivity index (χ2n) is 7.31. The van der Waals surface area contributed by atoms with Crippen LogP contribution in [0.4, 0.5) is 4.39 Å². The van der Waals surface area contributed by atoms with Crippen LogP contribution in [0, 0.1) is 5.82 Å². The van der Waals surface area contributed by atoms with Crippen LogP contribution in [0.3, 0.4) is 0 Å². The molecule has 2 aliphatic heterocycles. The number of rotatable bonds is 4. The molecule has 2 saturated heterocycles. The number of nitrogens with one attached hydrogen (secondary N) is 2. The molecule has 1 aromatic carbocycles. The van der Waals surface area contributed by atoms with Crippen LogP contribution in [-0.2, 0) is 4.79 Å². The molecule has 2 atom stereocenters. The molecule has 0 radical (unpaired) electrons. The van der Waals surface area contributed by atoms with E-state index in [2.05, 4.69) is 26.0 Å². The third-order valence-corrected chi connectivity index (χ3v) is 5.40. The van der Waals surface area contributed by atoms with Gasteiger partial charge in [-0.3, -0.25) is 9.78 Å². The van der Waals surface area contributed by atoms with Crippen molar-refractivity contribution < 1.29 is 13.7 Å². The van der Waals surface area contributed by atoms with Gasteiger partial charge in [0.25, 0.3) is 0 Å². The first-order valence-corrected chi connectivity index (χ1v) is 9.46. The van der Waals surface area contributed by atoms with E-state index in [1.807, 2.05) is 12.1 Å². The minimum Gasteiger partial charge on any atom is -0.340 e. The molecular weight excluding hydrogens is 375 g/mol. The van der Waals surface area contributed by atoms with Crippen molar-refractivity contribution >= 4 is 5.91 Å². The number of hydrogen-bond donors (Lipinski definition) is 2. The molecule has 4 heterocycles. The number of carbonyl (C=O) groups is 1. The van der Waals surface area contributed by atoms with Crippen molar-refractivity contribution in [1.29, 1.82) is 0 Å². The Morgan fingerprint density at radius 2 is 1.86 bits per heavy atom. The van der Waals surface area contributed by atoms with E-state index >= 15 is 0 Å². The lowest BCUT2D eigenvalue weighted by Gasteiger charge is -2.38. The average molecular weight is 394 g/mol. The number of pyridine rings is 1. The highest BCUT2D eigenvalue weighted by Gasteiger charge is 2.40. The van der Waals surface area contributed by atoms with Gasteiger partial charge < -0.3 is 9.42 Å². The first kappa shape index (κ1) is 17.9. The molecule has 29 heavy (non-hydrogen) atoms. The fraction of sp³-hybridized carbons (Fsp3) is 0.300. The first-order chi connectivity index (χ1) is 14.2. The fourth-order valence-electron chi connectivity index (χ4n) is 3.69. The summed E-state index contributed by atoms with van der Waals surface area (Å²) in [4.78, 5) is 23.0. The fourth-order valence-corrected chi connectivity index (χ4v) is 3.69. The quantitative estimate of drug-likeness (QED) is 0.697. The Morgan fingerprint density at radius 1 is 1.10 bits per heavy atom. The maximum atomic E-state index is 13.1. The van der Waals surface area contributed by atoms with Crippen LogP contribution < -0.4 is 10.9 Å². The summed E-state index contributed by atoms with van der Waals surface area (Å²) in [5.74, 6) is 0.877. The van der Waals surface area contributed by atoms with Crippen LogP contribution in [0.25, 0.3) is 11.4 Å². The maximum absolute atomic E-state index is 13.1. The third-order valence-electron chi connectivity index (χ3n) is 5.40. The van der Waals surface area contributed by atoms with Gasteiger partial charge in [-0.15, -0.1) is 0 Å². The zero-order valence-corrected chi connectivity index (χ0v) is 15.5. The number of hydrazine groups is 1. The van der Waals surface area contributed by atoms with Crippen LogP contribution in [0.15, 0.2) is 53.3 Å². The number of hydrogen-bond acceptors (Lipinski definition) is 7. The van der Waals surface area contributed by atoms with Gasteiger partial charge in [-0.1, -0.05) is 17.3 Å². The first-order valence-electron chi connectivity index (χ1n) is 9.46.